The number of aromatic nitrogens is 3. The summed E-state index contributed by atoms with van der Waals surface area (Å²) in [4.78, 5) is 11.6. The first-order chi connectivity index (χ1) is 9.15. The fourth-order valence-electron chi connectivity index (χ4n) is 2.01. The third-order valence-corrected chi connectivity index (χ3v) is 3.09. The van der Waals surface area contributed by atoms with E-state index in [0.717, 1.165) is 28.9 Å². The van der Waals surface area contributed by atoms with Crippen LogP contribution < -0.4 is 5.32 Å². The van der Waals surface area contributed by atoms with E-state index in [1.165, 1.54) is 0 Å². The van der Waals surface area contributed by atoms with Crippen LogP contribution in [-0.4, -0.2) is 20.7 Å². The Kier molecular flexibility index (Phi) is 3.94. The summed E-state index contributed by atoms with van der Waals surface area (Å²) < 4.78 is 1.86. The van der Waals surface area contributed by atoms with Crippen molar-refractivity contribution in [3.63, 3.8) is 0 Å². The molecule has 0 aliphatic carbocycles. The molecule has 19 heavy (non-hydrogen) atoms. The summed E-state index contributed by atoms with van der Waals surface area (Å²) in [6, 6.07) is 4.08. The highest BCUT2D eigenvalue weighted by Gasteiger charge is 2.10. The van der Waals surface area contributed by atoms with Gasteiger partial charge in [0.25, 0.3) is 0 Å². The number of anilines is 1. The number of amides is 1. The molecule has 0 spiro atoms. The van der Waals surface area contributed by atoms with E-state index in [1.54, 1.807) is 12.7 Å². The van der Waals surface area contributed by atoms with Crippen molar-refractivity contribution in [1.82, 2.24) is 14.8 Å². The van der Waals surface area contributed by atoms with Crippen LogP contribution in [0.4, 0.5) is 5.69 Å². The molecule has 0 saturated carbocycles. The van der Waals surface area contributed by atoms with Gasteiger partial charge in [0.15, 0.2) is 0 Å². The smallest absolute Gasteiger partial charge is 0.224 e. The third-order valence-electron chi connectivity index (χ3n) is 3.09. The van der Waals surface area contributed by atoms with Crippen molar-refractivity contribution in [2.45, 2.75) is 33.6 Å². The van der Waals surface area contributed by atoms with Crippen LogP contribution in [0.3, 0.4) is 0 Å². The molecule has 0 aliphatic heterocycles. The molecule has 0 unspecified atom stereocenters. The van der Waals surface area contributed by atoms with Gasteiger partial charge in [0.2, 0.25) is 5.91 Å². The van der Waals surface area contributed by atoms with Crippen molar-refractivity contribution in [2.24, 2.45) is 0 Å². The molecule has 1 N–H and O–H groups in total. The Bertz CT molecular complexity index is 575. The van der Waals surface area contributed by atoms with Crippen LogP contribution in [0.2, 0.25) is 0 Å². The van der Waals surface area contributed by atoms with E-state index in [4.69, 9.17) is 0 Å². The van der Waals surface area contributed by atoms with E-state index in [9.17, 15) is 4.79 Å². The molecule has 0 bridgehead atoms. The lowest BCUT2D eigenvalue weighted by Gasteiger charge is -2.15. The monoisotopic (exact) mass is 258 g/mol. The quantitative estimate of drug-likeness (QED) is 0.916. The molecular weight excluding hydrogens is 240 g/mol. The molecule has 1 aromatic carbocycles. The van der Waals surface area contributed by atoms with Gasteiger partial charge in [-0.2, -0.15) is 0 Å². The van der Waals surface area contributed by atoms with E-state index in [1.807, 2.05) is 24.5 Å². The second-order valence-electron chi connectivity index (χ2n) is 4.42. The molecule has 0 aliphatic rings. The Balaban J connectivity index is 2.43. The van der Waals surface area contributed by atoms with Crippen molar-refractivity contribution in [2.75, 3.05) is 5.32 Å². The van der Waals surface area contributed by atoms with Gasteiger partial charge < -0.3 is 5.32 Å². The average Bonchev–Trinajstić information content (AvgIpc) is 2.94. The van der Waals surface area contributed by atoms with Gasteiger partial charge in [-0.15, -0.1) is 10.2 Å². The van der Waals surface area contributed by atoms with E-state index < -0.39 is 0 Å². The summed E-state index contributed by atoms with van der Waals surface area (Å²) in [7, 11) is 0. The first kappa shape index (κ1) is 13.3. The summed E-state index contributed by atoms with van der Waals surface area (Å²) in [5.41, 5.74) is 4.09. The molecule has 1 heterocycles. The number of carbonyl (C=O) groups is 1. The molecule has 0 atom stereocenters. The minimum atomic E-state index is 0.0369. The molecule has 0 saturated heterocycles. The largest absolute Gasteiger partial charge is 0.326 e. The van der Waals surface area contributed by atoms with E-state index in [-0.39, 0.29) is 5.91 Å². The molecule has 1 aromatic heterocycles. The maximum absolute atomic E-state index is 11.6. The predicted molar refractivity (Wildman–Crippen MR) is 74.4 cm³/mol. The van der Waals surface area contributed by atoms with Gasteiger partial charge in [-0.1, -0.05) is 13.8 Å². The lowest BCUT2D eigenvalue weighted by Crippen LogP contribution is -2.13. The zero-order chi connectivity index (χ0) is 13.8. The van der Waals surface area contributed by atoms with Crippen LogP contribution in [0.15, 0.2) is 24.8 Å². The number of rotatable bonds is 4. The van der Waals surface area contributed by atoms with Crippen molar-refractivity contribution >= 4 is 11.6 Å². The van der Waals surface area contributed by atoms with Gasteiger partial charge in [-0.05, 0) is 36.6 Å². The minimum Gasteiger partial charge on any atom is -0.326 e. The van der Waals surface area contributed by atoms with Gasteiger partial charge >= 0.3 is 0 Å². The molecule has 2 aromatic rings. The third kappa shape index (κ3) is 2.81. The van der Waals surface area contributed by atoms with Crippen molar-refractivity contribution in [1.29, 1.82) is 0 Å². The first-order valence-electron chi connectivity index (χ1n) is 6.44. The van der Waals surface area contributed by atoms with Gasteiger partial charge in [-0.3, -0.25) is 9.36 Å². The number of nitrogens with zero attached hydrogens (tertiary/aromatic N) is 3. The van der Waals surface area contributed by atoms with E-state index in [2.05, 4.69) is 28.5 Å². The SMILES string of the molecule is CCC(=O)Nc1c(C)cc(-n2cnnc2)cc1CC. The number of nitrogens with one attached hydrogen (secondary N) is 1. The number of carbonyl (C=O) groups excluding carboxylic acids is 1. The summed E-state index contributed by atoms with van der Waals surface area (Å²) in [5.74, 6) is 0.0369. The Hall–Kier alpha value is -2.17. The second kappa shape index (κ2) is 5.65. The second-order valence-corrected chi connectivity index (χ2v) is 4.42. The average molecular weight is 258 g/mol. The van der Waals surface area contributed by atoms with Crippen LogP contribution in [0.5, 0.6) is 0 Å². The standard InChI is InChI=1S/C14H18N4O/c1-4-11-7-12(18-8-15-16-9-18)6-10(3)14(11)17-13(19)5-2/h6-9H,4-5H2,1-3H3,(H,17,19). The van der Waals surface area contributed by atoms with E-state index in [0.29, 0.717) is 6.42 Å². The molecule has 100 valence electrons. The summed E-state index contributed by atoms with van der Waals surface area (Å²) in [6.07, 6.45) is 4.67. The van der Waals surface area contributed by atoms with Gasteiger partial charge in [-0.25, -0.2) is 0 Å². The molecule has 5 heteroatoms. The topological polar surface area (TPSA) is 59.8 Å². The summed E-state index contributed by atoms with van der Waals surface area (Å²) in [5, 5.41) is 10.6. The summed E-state index contributed by atoms with van der Waals surface area (Å²) in [6.45, 7) is 5.92. The molecule has 1 amide bonds. The zero-order valence-electron chi connectivity index (χ0n) is 11.5. The molecule has 2 rings (SSSR count). The lowest BCUT2D eigenvalue weighted by atomic mass is 10.0. The van der Waals surface area contributed by atoms with E-state index >= 15 is 0 Å². The van der Waals surface area contributed by atoms with Crippen LogP contribution in [0.1, 0.15) is 31.4 Å². The van der Waals surface area contributed by atoms with Crippen molar-refractivity contribution in [3.05, 3.63) is 35.9 Å². The fourth-order valence-corrected chi connectivity index (χ4v) is 2.01. The van der Waals surface area contributed by atoms with Crippen LogP contribution in [0.25, 0.3) is 5.69 Å². The first-order valence-corrected chi connectivity index (χ1v) is 6.44. The predicted octanol–water partition coefficient (Wildman–Crippen LogP) is 2.49. The van der Waals surface area contributed by atoms with Gasteiger partial charge in [0.1, 0.15) is 12.7 Å². The Morgan fingerprint density at radius 2 is 1.95 bits per heavy atom. The molecule has 0 radical (unpaired) electrons. The molecular formula is C14H18N4O. The zero-order valence-corrected chi connectivity index (χ0v) is 11.5. The van der Waals surface area contributed by atoms with Crippen LogP contribution in [-0.2, 0) is 11.2 Å². The Morgan fingerprint density at radius 1 is 1.26 bits per heavy atom. The van der Waals surface area contributed by atoms with Crippen LogP contribution >= 0.6 is 0 Å². The maximum Gasteiger partial charge on any atom is 0.224 e. The maximum atomic E-state index is 11.6. The molecule has 5 nitrogen and oxygen atoms in total. The minimum absolute atomic E-state index is 0.0369. The van der Waals surface area contributed by atoms with Gasteiger partial charge in [0.05, 0.1) is 0 Å². The summed E-state index contributed by atoms with van der Waals surface area (Å²) >= 11 is 0. The van der Waals surface area contributed by atoms with Crippen LogP contribution in [0, 0.1) is 6.92 Å². The lowest BCUT2D eigenvalue weighted by molar-refractivity contribution is -0.115. The van der Waals surface area contributed by atoms with Crippen molar-refractivity contribution in [3.8, 4) is 5.69 Å². The fraction of sp³-hybridized carbons (Fsp3) is 0.357. The van der Waals surface area contributed by atoms with Crippen molar-refractivity contribution < 1.29 is 4.79 Å². The number of hydrogen-bond donors (Lipinski definition) is 1. The normalized spacial score (nSPS) is 10.5. The number of benzene rings is 1. The Morgan fingerprint density at radius 3 is 2.53 bits per heavy atom. The van der Waals surface area contributed by atoms with Gasteiger partial charge in [0, 0.05) is 17.8 Å². The molecule has 0 fully saturated rings. The Labute approximate surface area is 112 Å². The number of aryl methyl sites for hydroxylation is 2. The highest BCUT2D eigenvalue weighted by Crippen LogP contribution is 2.25. The highest BCUT2D eigenvalue weighted by atomic mass is 16.1. The highest BCUT2D eigenvalue weighted by molar-refractivity contribution is 5.92. The number of hydrogen-bond acceptors (Lipinski definition) is 3.